The third-order valence-corrected chi connectivity index (χ3v) is 4.66. The van der Waals surface area contributed by atoms with Gasteiger partial charge in [0.15, 0.2) is 0 Å². The molecule has 138 valence electrons. The van der Waals surface area contributed by atoms with E-state index in [1.54, 1.807) is 11.6 Å². The normalized spacial score (nSPS) is 10.6. The Balaban J connectivity index is 1.59. The number of nitro benzene ring substituents is 1. The first-order valence-corrected chi connectivity index (χ1v) is 8.99. The Morgan fingerprint density at radius 2 is 2.04 bits per heavy atom. The van der Waals surface area contributed by atoms with Gasteiger partial charge < -0.3 is 5.32 Å². The molecule has 0 bridgehead atoms. The molecule has 0 radical (unpaired) electrons. The fraction of sp³-hybridized carbons (Fsp3) is 0.176. The summed E-state index contributed by atoms with van der Waals surface area (Å²) in [5.74, 6) is -0.128. The largest absolute Gasteiger partial charge is 0.325 e. The molecule has 2 aromatic carbocycles. The number of rotatable bonds is 7. The van der Waals surface area contributed by atoms with E-state index in [-0.39, 0.29) is 17.3 Å². The van der Waals surface area contributed by atoms with E-state index in [4.69, 9.17) is 0 Å². The van der Waals surface area contributed by atoms with E-state index in [0.29, 0.717) is 23.0 Å². The molecule has 9 nitrogen and oxygen atoms in total. The Morgan fingerprint density at radius 3 is 2.74 bits per heavy atom. The predicted molar refractivity (Wildman–Crippen MR) is 101 cm³/mol. The molecule has 0 aliphatic carbocycles. The molecular weight excluding hydrogens is 368 g/mol. The molecule has 0 spiro atoms. The third-order valence-electron chi connectivity index (χ3n) is 3.70. The van der Waals surface area contributed by atoms with Gasteiger partial charge in [0.05, 0.1) is 17.2 Å². The van der Waals surface area contributed by atoms with Crippen LogP contribution in [-0.4, -0.2) is 36.8 Å². The van der Waals surface area contributed by atoms with Crippen molar-refractivity contribution in [3.05, 3.63) is 69.8 Å². The van der Waals surface area contributed by atoms with Crippen LogP contribution in [-0.2, 0) is 11.3 Å². The van der Waals surface area contributed by atoms with Gasteiger partial charge in [-0.25, -0.2) is 4.68 Å². The van der Waals surface area contributed by atoms with Crippen LogP contribution < -0.4 is 5.32 Å². The van der Waals surface area contributed by atoms with Gasteiger partial charge in [-0.2, -0.15) is 0 Å². The second-order valence-electron chi connectivity index (χ2n) is 5.70. The number of hydrogen-bond donors (Lipinski definition) is 1. The molecule has 27 heavy (non-hydrogen) atoms. The molecule has 1 amide bonds. The molecule has 3 rings (SSSR count). The van der Waals surface area contributed by atoms with Crippen LogP contribution in [0.1, 0.15) is 11.1 Å². The minimum Gasteiger partial charge on any atom is -0.325 e. The lowest BCUT2D eigenvalue weighted by Gasteiger charge is -2.08. The Kier molecular flexibility index (Phi) is 5.77. The van der Waals surface area contributed by atoms with Gasteiger partial charge in [0.25, 0.3) is 5.69 Å². The number of hydrogen-bond acceptors (Lipinski definition) is 7. The summed E-state index contributed by atoms with van der Waals surface area (Å²) in [5, 5.41) is 25.6. The monoisotopic (exact) mass is 384 g/mol. The molecule has 0 unspecified atom stereocenters. The average Bonchev–Trinajstić information content (AvgIpc) is 3.09. The van der Waals surface area contributed by atoms with Crippen molar-refractivity contribution in [1.82, 2.24) is 20.2 Å². The number of nitro groups is 1. The van der Waals surface area contributed by atoms with Gasteiger partial charge in [0.2, 0.25) is 11.1 Å². The zero-order valence-electron chi connectivity index (χ0n) is 14.4. The summed E-state index contributed by atoms with van der Waals surface area (Å²) in [6.07, 6.45) is 0. The van der Waals surface area contributed by atoms with Crippen molar-refractivity contribution in [2.45, 2.75) is 18.6 Å². The van der Waals surface area contributed by atoms with Crippen LogP contribution >= 0.6 is 11.8 Å². The number of nitrogens with one attached hydrogen (secondary N) is 1. The number of aryl methyl sites for hydroxylation is 1. The number of carbonyl (C=O) groups excluding carboxylic acids is 1. The first kappa shape index (κ1) is 18.5. The lowest BCUT2D eigenvalue weighted by atomic mass is 10.2. The zero-order chi connectivity index (χ0) is 19.2. The van der Waals surface area contributed by atoms with Crippen LogP contribution in [0.4, 0.5) is 11.4 Å². The highest BCUT2D eigenvalue weighted by Crippen LogP contribution is 2.22. The van der Waals surface area contributed by atoms with Crippen LogP contribution in [0.5, 0.6) is 0 Å². The molecule has 0 aliphatic heterocycles. The first-order valence-electron chi connectivity index (χ1n) is 8.00. The number of carbonyl (C=O) groups is 1. The molecule has 0 saturated heterocycles. The molecule has 10 heteroatoms. The Bertz CT molecular complexity index is 960. The topological polar surface area (TPSA) is 116 Å². The van der Waals surface area contributed by atoms with Gasteiger partial charge >= 0.3 is 0 Å². The highest BCUT2D eigenvalue weighted by molar-refractivity contribution is 7.99. The van der Waals surface area contributed by atoms with Gasteiger partial charge in [0.1, 0.15) is 0 Å². The highest BCUT2D eigenvalue weighted by Gasteiger charge is 2.13. The van der Waals surface area contributed by atoms with E-state index in [0.717, 1.165) is 5.56 Å². The van der Waals surface area contributed by atoms with Crippen LogP contribution in [0, 0.1) is 17.0 Å². The van der Waals surface area contributed by atoms with Crippen LogP contribution in [0.3, 0.4) is 0 Å². The predicted octanol–water partition coefficient (Wildman–Crippen LogP) is 2.67. The summed E-state index contributed by atoms with van der Waals surface area (Å²) in [6.45, 7) is 2.22. The fourth-order valence-corrected chi connectivity index (χ4v) is 3.05. The molecule has 0 fully saturated rings. The quantitative estimate of drug-likeness (QED) is 0.378. The summed E-state index contributed by atoms with van der Waals surface area (Å²) in [6, 6.07) is 14.1. The molecular formula is C17H16N6O3S. The van der Waals surface area contributed by atoms with E-state index in [9.17, 15) is 14.9 Å². The van der Waals surface area contributed by atoms with Gasteiger partial charge in [-0.1, -0.05) is 42.1 Å². The number of thioether (sulfide) groups is 1. The standard InChI is InChI=1S/C17H16N6O3S/c1-12-9-14(23(25)26)7-8-15(12)18-16(24)11-27-17-19-20-21-22(17)10-13-5-3-2-4-6-13/h2-9H,10-11H2,1H3,(H,18,24). The highest BCUT2D eigenvalue weighted by atomic mass is 32.2. The van der Waals surface area contributed by atoms with Crippen molar-refractivity contribution in [3.63, 3.8) is 0 Å². The van der Waals surface area contributed by atoms with Crippen molar-refractivity contribution in [3.8, 4) is 0 Å². The van der Waals surface area contributed by atoms with E-state index < -0.39 is 4.92 Å². The molecule has 0 saturated carbocycles. The molecule has 1 heterocycles. The summed E-state index contributed by atoms with van der Waals surface area (Å²) in [7, 11) is 0. The number of benzene rings is 2. The van der Waals surface area contributed by atoms with Crippen molar-refractivity contribution < 1.29 is 9.72 Å². The number of tetrazole rings is 1. The Hall–Kier alpha value is -3.27. The van der Waals surface area contributed by atoms with Crippen molar-refractivity contribution in [2.24, 2.45) is 0 Å². The smallest absolute Gasteiger partial charge is 0.269 e. The molecule has 0 aliphatic rings. The number of nitrogens with zero attached hydrogens (tertiary/aromatic N) is 5. The number of amides is 1. The van der Waals surface area contributed by atoms with E-state index in [2.05, 4.69) is 20.8 Å². The summed E-state index contributed by atoms with van der Waals surface area (Å²) >= 11 is 1.22. The lowest BCUT2D eigenvalue weighted by molar-refractivity contribution is -0.384. The summed E-state index contributed by atoms with van der Waals surface area (Å²) < 4.78 is 1.63. The van der Waals surface area contributed by atoms with Crippen LogP contribution in [0.25, 0.3) is 0 Å². The summed E-state index contributed by atoms with van der Waals surface area (Å²) in [4.78, 5) is 22.5. The minimum absolute atomic E-state index is 0.0139. The van der Waals surface area contributed by atoms with Gasteiger partial charge in [-0.15, -0.1) is 5.10 Å². The number of non-ortho nitro benzene ring substituents is 1. The Labute approximate surface area is 158 Å². The van der Waals surface area contributed by atoms with E-state index in [1.807, 2.05) is 30.3 Å². The first-order chi connectivity index (χ1) is 13.0. The lowest BCUT2D eigenvalue weighted by Crippen LogP contribution is -2.15. The number of anilines is 1. The molecule has 1 aromatic heterocycles. The molecule has 0 atom stereocenters. The van der Waals surface area contributed by atoms with E-state index in [1.165, 1.54) is 30.0 Å². The van der Waals surface area contributed by atoms with Gasteiger partial charge in [0, 0.05) is 17.8 Å². The molecule has 3 aromatic rings. The third kappa shape index (κ3) is 4.88. The fourth-order valence-electron chi connectivity index (χ4n) is 2.37. The zero-order valence-corrected chi connectivity index (χ0v) is 15.2. The molecule has 1 N–H and O–H groups in total. The Morgan fingerprint density at radius 1 is 1.26 bits per heavy atom. The second kappa shape index (κ2) is 8.41. The van der Waals surface area contributed by atoms with Crippen molar-refractivity contribution in [1.29, 1.82) is 0 Å². The van der Waals surface area contributed by atoms with E-state index >= 15 is 0 Å². The summed E-state index contributed by atoms with van der Waals surface area (Å²) in [5.41, 5.74) is 2.20. The van der Waals surface area contributed by atoms with Crippen molar-refractivity contribution in [2.75, 3.05) is 11.1 Å². The van der Waals surface area contributed by atoms with Gasteiger partial charge in [-0.05, 0) is 34.5 Å². The van der Waals surface area contributed by atoms with Gasteiger partial charge in [-0.3, -0.25) is 14.9 Å². The SMILES string of the molecule is Cc1cc([N+](=O)[O-])ccc1NC(=O)CSc1nnnn1Cc1ccccc1. The average molecular weight is 384 g/mol. The van der Waals surface area contributed by atoms with Crippen LogP contribution in [0.15, 0.2) is 53.7 Å². The van der Waals surface area contributed by atoms with Crippen molar-refractivity contribution >= 4 is 29.0 Å². The second-order valence-corrected chi connectivity index (χ2v) is 6.64. The maximum absolute atomic E-state index is 12.2. The minimum atomic E-state index is -0.471. The maximum Gasteiger partial charge on any atom is 0.269 e. The van der Waals surface area contributed by atoms with Crippen LogP contribution in [0.2, 0.25) is 0 Å². The number of aromatic nitrogens is 4. The maximum atomic E-state index is 12.2.